The van der Waals surface area contributed by atoms with Crippen molar-refractivity contribution < 1.29 is 14.6 Å². The maximum atomic E-state index is 12.4. The van der Waals surface area contributed by atoms with Gasteiger partial charge in [0.15, 0.2) is 0 Å². The van der Waals surface area contributed by atoms with E-state index in [4.69, 9.17) is 15.6 Å². The average Bonchev–Trinajstić information content (AvgIpc) is 2.77. The number of nitrogen functional groups attached to an aromatic ring is 1. The first-order valence-corrected chi connectivity index (χ1v) is 7.57. The first-order chi connectivity index (χ1) is 10.1. The zero-order chi connectivity index (χ0) is 15.4. The molecule has 0 aliphatic rings. The molecule has 2 rings (SSSR count). The molecule has 1 atom stereocenters. The van der Waals surface area contributed by atoms with Gasteiger partial charge >= 0.3 is 0 Å². The molecule has 0 saturated carbocycles. The summed E-state index contributed by atoms with van der Waals surface area (Å²) >= 11 is 1.38. The van der Waals surface area contributed by atoms with Gasteiger partial charge in [0.1, 0.15) is 4.88 Å². The van der Waals surface area contributed by atoms with Crippen LogP contribution in [0.15, 0.2) is 18.2 Å². The Morgan fingerprint density at radius 3 is 2.95 bits per heavy atom. The number of ether oxygens (including phenoxy) is 1. The van der Waals surface area contributed by atoms with Crippen LogP contribution in [-0.4, -0.2) is 37.4 Å². The monoisotopic (exact) mass is 308 g/mol. The van der Waals surface area contributed by atoms with E-state index in [0.717, 1.165) is 15.6 Å². The van der Waals surface area contributed by atoms with Gasteiger partial charge in [-0.3, -0.25) is 4.79 Å². The third-order valence-electron chi connectivity index (χ3n) is 3.27. The lowest BCUT2D eigenvalue weighted by Crippen LogP contribution is -2.38. The average molecular weight is 308 g/mol. The number of methoxy groups -OCH3 is 1. The van der Waals surface area contributed by atoms with Crippen LogP contribution in [0.25, 0.3) is 10.1 Å². The van der Waals surface area contributed by atoms with Gasteiger partial charge in [-0.05, 0) is 25.5 Å². The number of hydrogen-bond donors (Lipinski definition) is 3. The fourth-order valence-corrected chi connectivity index (χ4v) is 3.21. The lowest BCUT2D eigenvalue weighted by molar-refractivity contribution is 0.0883. The number of rotatable bonds is 6. The van der Waals surface area contributed by atoms with E-state index in [1.807, 2.05) is 25.1 Å². The van der Waals surface area contributed by atoms with Crippen molar-refractivity contribution in [3.8, 4) is 0 Å². The summed E-state index contributed by atoms with van der Waals surface area (Å²) < 4.78 is 6.04. The van der Waals surface area contributed by atoms with Gasteiger partial charge in [-0.2, -0.15) is 0 Å². The molecule has 0 fully saturated rings. The Balaban J connectivity index is 2.24. The summed E-state index contributed by atoms with van der Waals surface area (Å²) in [5.74, 6) is -0.221. The van der Waals surface area contributed by atoms with Gasteiger partial charge in [-0.1, -0.05) is 11.6 Å². The molecule has 0 radical (unpaired) electrons. The quantitative estimate of drug-likeness (QED) is 0.761. The maximum Gasteiger partial charge on any atom is 0.263 e. The van der Waals surface area contributed by atoms with E-state index in [9.17, 15) is 4.79 Å². The van der Waals surface area contributed by atoms with Gasteiger partial charge in [0.05, 0.1) is 18.3 Å². The van der Waals surface area contributed by atoms with E-state index in [1.54, 1.807) is 7.11 Å². The van der Waals surface area contributed by atoms with Crippen LogP contribution in [0.2, 0.25) is 0 Å². The van der Waals surface area contributed by atoms with Crippen LogP contribution in [0.4, 0.5) is 5.69 Å². The second-order valence-electron chi connectivity index (χ2n) is 4.98. The fourth-order valence-electron chi connectivity index (χ4n) is 2.20. The Bertz CT molecular complexity index is 633. The number of nitrogens with one attached hydrogen (secondary N) is 1. The third-order valence-corrected chi connectivity index (χ3v) is 4.45. The van der Waals surface area contributed by atoms with E-state index < -0.39 is 0 Å². The second-order valence-corrected chi connectivity index (χ2v) is 6.03. The molecular weight excluding hydrogens is 288 g/mol. The zero-order valence-electron chi connectivity index (χ0n) is 12.2. The molecule has 1 amide bonds. The standard InChI is InChI=1S/C15H20N2O3S/c1-9-3-4-12-11(7-9)13(16)14(21-12)15(19)17-10(5-6-18)8-20-2/h3-4,7,10,18H,5-6,8,16H2,1-2H3,(H,17,19). The highest BCUT2D eigenvalue weighted by Crippen LogP contribution is 2.34. The molecule has 1 aromatic heterocycles. The van der Waals surface area contributed by atoms with Crippen LogP contribution in [0, 0.1) is 6.92 Å². The van der Waals surface area contributed by atoms with E-state index in [1.165, 1.54) is 11.3 Å². The Morgan fingerprint density at radius 2 is 2.29 bits per heavy atom. The summed E-state index contributed by atoms with van der Waals surface area (Å²) in [6, 6.07) is 5.74. The number of carbonyl (C=O) groups is 1. The normalized spacial score (nSPS) is 12.5. The van der Waals surface area contributed by atoms with Gasteiger partial charge in [0, 0.05) is 23.8 Å². The van der Waals surface area contributed by atoms with Gasteiger partial charge in [-0.25, -0.2) is 0 Å². The minimum atomic E-state index is -0.223. The number of hydrogen-bond acceptors (Lipinski definition) is 5. The summed E-state index contributed by atoms with van der Waals surface area (Å²) in [5.41, 5.74) is 7.72. The van der Waals surface area contributed by atoms with Crippen molar-refractivity contribution in [1.82, 2.24) is 5.32 Å². The van der Waals surface area contributed by atoms with Gasteiger partial charge in [0.2, 0.25) is 0 Å². The van der Waals surface area contributed by atoms with E-state index in [0.29, 0.717) is 23.6 Å². The summed E-state index contributed by atoms with van der Waals surface area (Å²) in [4.78, 5) is 12.9. The largest absolute Gasteiger partial charge is 0.397 e. The fraction of sp³-hybridized carbons (Fsp3) is 0.400. The molecule has 5 nitrogen and oxygen atoms in total. The van der Waals surface area contributed by atoms with Gasteiger partial charge in [0.25, 0.3) is 5.91 Å². The lowest BCUT2D eigenvalue weighted by atomic mass is 10.1. The molecule has 0 aliphatic carbocycles. The van der Waals surface area contributed by atoms with Crippen molar-refractivity contribution in [2.24, 2.45) is 0 Å². The number of benzene rings is 1. The Morgan fingerprint density at radius 1 is 1.52 bits per heavy atom. The molecule has 0 bridgehead atoms. The second kappa shape index (κ2) is 6.89. The van der Waals surface area contributed by atoms with Crippen LogP contribution >= 0.6 is 11.3 Å². The summed E-state index contributed by atoms with van der Waals surface area (Å²) in [6.45, 7) is 2.35. The first kappa shape index (κ1) is 15.8. The van der Waals surface area contributed by atoms with Crippen molar-refractivity contribution >= 4 is 33.0 Å². The Kier molecular flexibility index (Phi) is 5.17. The maximum absolute atomic E-state index is 12.4. The van der Waals surface area contributed by atoms with Crippen LogP contribution in [0.3, 0.4) is 0 Å². The van der Waals surface area contributed by atoms with Crippen molar-refractivity contribution in [2.45, 2.75) is 19.4 Å². The molecule has 114 valence electrons. The van der Waals surface area contributed by atoms with Crippen molar-refractivity contribution in [3.63, 3.8) is 0 Å². The van der Waals surface area contributed by atoms with Crippen LogP contribution < -0.4 is 11.1 Å². The van der Waals surface area contributed by atoms with Crippen molar-refractivity contribution in [2.75, 3.05) is 26.1 Å². The molecule has 1 unspecified atom stereocenters. The van der Waals surface area contributed by atoms with Crippen LogP contribution in [0.1, 0.15) is 21.7 Å². The predicted molar refractivity (Wildman–Crippen MR) is 85.8 cm³/mol. The minimum Gasteiger partial charge on any atom is -0.397 e. The molecule has 2 aromatic rings. The molecule has 0 saturated heterocycles. The highest BCUT2D eigenvalue weighted by molar-refractivity contribution is 7.21. The number of aliphatic hydroxyl groups is 1. The van der Waals surface area contributed by atoms with Crippen molar-refractivity contribution in [1.29, 1.82) is 0 Å². The van der Waals surface area contributed by atoms with E-state index >= 15 is 0 Å². The SMILES string of the molecule is COCC(CCO)NC(=O)c1sc2ccc(C)cc2c1N. The molecule has 21 heavy (non-hydrogen) atoms. The number of nitrogens with two attached hydrogens (primary N) is 1. The van der Waals surface area contributed by atoms with E-state index in [2.05, 4.69) is 5.32 Å². The molecule has 1 aromatic carbocycles. The molecule has 1 heterocycles. The summed E-state index contributed by atoms with van der Waals surface area (Å²) in [7, 11) is 1.56. The molecule has 6 heteroatoms. The topological polar surface area (TPSA) is 84.6 Å². The van der Waals surface area contributed by atoms with Crippen LogP contribution in [0.5, 0.6) is 0 Å². The minimum absolute atomic E-state index is 0.00456. The van der Waals surface area contributed by atoms with Gasteiger partial charge < -0.3 is 20.9 Å². The molecule has 4 N–H and O–H groups in total. The summed E-state index contributed by atoms with van der Waals surface area (Å²) in [6.07, 6.45) is 0.448. The summed E-state index contributed by atoms with van der Waals surface area (Å²) in [5, 5.41) is 12.8. The predicted octanol–water partition coefficient (Wildman–Crippen LogP) is 1.92. The highest BCUT2D eigenvalue weighted by Gasteiger charge is 2.19. The molecule has 0 spiro atoms. The van der Waals surface area contributed by atoms with Gasteiger partial charge in [-0.15, -0.1) is 11.3 Å². The lowest BCUT2D eigenvalue weighted by Gasteiger charge is -2.16. The van der Waals surface area contributed by atoms with Crippen molar-refractivity contribution in [3.05, 3.63) is 28.6 Å². The molecule has 0 aliphatic heterocycles. The number of amides is 1. The zero-order valence-corrected chi connectivity index (χ0v) is 13.0. The highest BCUT2D eigenvalue weighted by atomic mass is 32.1. The number of carbonyl (C=O) groups excluding carboxylic acids is 1. The number of anilines is 1. The smallest absolute Gasteiger partial charge is 0.263 e. The number of thiophene rings is 1. The Labute approximate surface area is 127 Å². The first-order valence-electron chi connectivity index (χ1n) is 6.76. The Hall–Kier alpha value is -1.63. The van der Waals surface area contributed by atoms with Crippen LogP contribution in [-0.2, 0) is 4.74 Å². The number of aliphatic hydroxyl groups excluding tert-OH is 1. The number of fused-ring (bicyclic) bond motifs is 1. The molecular formula is C15H20N2O3S. The number of aryl methyl sites for hydroxylation is 1. The third kappa shape index (κ3) is 3.53. The van der Waals surface area contributed by atoms with E-state index in [-0.39, 0.29) is 18.6 Å².